The molecule has 18 heavy (non-hydrogen) atoms. The van der Waals surface area contributed by atoms with Crippen molar-refractivity contribution in [2.24, 2.45) is 0 Å². The van der Waals surface area contributed by atoms with E-state index in [9.17, 15) is 21.6 Å². The number of alkyl halides is 3. The summed E-state index contributed by atoms with van der Waals surface area (Å²) in [6.07, 6.45) is -0.438. The maximum Gasteiger partial charge on any atom is 0.402 e. The molecule has 0 atom stereocenters. The van der Waals surface area contributed by atoms with Crippen LogP contribution in [0.3, 0.4) is 0 Å². The smallest absolute Gasteiger partial charge is 0.349 e. The standard InChI is InChI=1S/C8H13F3N4O2S/c9-8(10,11)6-15-18(16,17)14-3-1-2-7-12-4-5-13-7/h4-5,14-15H,1-3,6H2,(H,12,13). The maximum absolute atomic E-state index is 11.8. The summed E-state index contributed by atoms with van der Waals surface area (Å²) in [5.74, 6) is 0.692. The Kier molecular flexibility index (Phi) is 5.11. The molecule has 0 saturated carbocycles. The average Bonchev–Trinajstić information content (AvgIpc) is 2.74. The molecule has 1 aromatic heterocycles. The van der Waals surface area contributed by atoms with Gasteiger partial charge in [0.15, 0.2) is 0 Å². The molecule has 0 spiro atoms. The normalized spacial score (nSPS) is 12.8. The molecule has 0 aromatic carbocycles. The van der Waals surface area contributed by atoms with Crippen molar-refractivity contribution in [1.82, 2.24) is 19.4 Å². The van der Waals surface area contributed by atoms with Crippen molar-refractivity contribution in [3.63, 3.8) is 0 Å². The summed E-state index contributed by atoms with van der Waals surface area (Å²) in [4.78, 5) is 6.75. The summed E-state index contributed by atoms with van der Waals surface area (Å²) in [6, 6.07) is 0. The summed E-state index contributed by atoms with van der Waals surface area (Å²) in [6.45, 7) is -1.55. The number of hydrogen-bond acceptors (Lipinski definition) is 3. The topological polar surface area (TPSA) is 86.9 Å². The molecule has 0 unspecified atom stereocenters. The van der Waals surface area contributed by atoms with E-state index in [-0.39, 0.29) is 6.54 Å². The first-order valence-corrected chi connectivity index (χ1v) is 6.56. The zero-order valence-corrected chi connectivity index (χ0v) is 10.1. The lowest BCUT2D eigenvalue weighted by molar-refractivity contribution is -0.121. The number of aryl methyl sites for hydroxylation is 1. The molecular formula is C8H13F3N4O2S. The SMILES string of the molecule is O=S(=O)(NCCCc1ncc[nH]1)NCC(F)(F)F. The van der Waals surface area contributed by atoms with Crippen molar-refractivity contribution < 1.29 is 21.6 Å². The predicted octanol–water partition coefficient (Wildman–Crippen LogP) is 0.329. The van der Waals surface area contributed by atoms with Gasteiger partial charge in [-0.1, -0.05) is 0 Å². The Bertz CT molecular complexity index is 443. The highest BCUT2D eigenvalue weighted by atomic mass is 32.2. The summed E-state index contributed by atoms with van der Waals surface area (Å²) >= 11 is 0. The lowest BCUT2D eigenvalue weighted by Crippen LogP contribution is -2.41. The quantitative estimate of drug-likeness (QED) is 0.631. The number of nitrogens with zero attached hydrogens (tertiary/aromatic N) is 1. The molecule has 0 saturated heterocycles. The number of aromatic nitrogens is 2. The number of hydrogen-bond donors (Lipinski definition) is 3. The first-order valence-electron chi connectivity index (χ1n) is 5.08. The molecule has 1 heterocycles. The van der Waals surface area contributed by atoms with Gasteiger partial charge in [-0.3, -0.25) is 0 Å². The average molecular weight is 286 g/mol. The number of halogens is 3. The van der Waals surface area contributed by atoms with E-state index in [1.54, 1.807) is 12.4 Å². The largest absolute Gasteiger partial charge is 0.402 e. The van der Waals surface area contributed by atoms with Crippen LogP contribution in [-0.2, 0) is 16.6 Å². The summed E-state index contributed by atoms with van der Waals surface area (Å²) in [5, 5.41) is 0. The van der Waals surface area contributed by atoms with Gasteiger partial charge in [-0.05, 0) is 6.42 Å². The number of rotatable bonds is 7. The Balaban J connectivity index is 2.21. The van der Waals surface area contributed by atoms with Crippen molar-refractivity contribution in [2.45, 2.75) is 19.0 Å². The number of nitrogens with one attached hydrogen (secondary N) is 3. The van der Waals surface area contributed by atoms with Crippen molar-refractivity contribution in [3.05, 3.63) is 18.2 Å². The Labute approximate surface area is 102 Å². The highest BCUT2D eigenvalue weighted by molar-refractivity contribution is 7.87. The molecule has 3 N–H and O–H groups in total. The van der Waals surface area contributed by atoms with Crippen LogP contribution in [0.2, 0.25) is 0 Å². The van der Waals surface area contributed by atoms with Crippen LogP contribution in [0, 0.1) is 0 Å². The molecular weight excluding hydrogens is 273 g/mol. The minimum Gasteiger partial charge on any atom is -0.349 e. The minimum absolute atomic E-state index is 0.0356. The van der Waals surface area contributed by atoms with Crippen LogP contribution >= 0.6 is 0 Å². The van der Waals surface area contributed by atoms with Crippen molar-refractivity contribution in [2.75, 3.05) is 13.1 Å². The van der Waals surface area contributed by atoms with Gasteiger partial charge in [0.05, 0.1) is 0 Å². The molecule has 0 bridgehead atoms. The van der Waals surface area contributed by atoms with Gasteiger partial charge in [0.1, 0.15) is 12.4 Å². The monoisotopic (exact) mass is 286 g/mol. The van der Waals surface area contributed by atoms with Gasteiger partial charge >= 0.3 is 6.18 Å². The molecule has 104 valence electrons. The maximum atomic E-state index is 11.8. The third-order valence-electron chi connectivity index (χ3n) is 1.90. The fourth-order valence-electron chi connectivity index (χ4n) is 1.12. The molecule has 10 heteroatoms. The van der Waals surface area contributed by atoms with E-state index in [4.69, 9.17) is 0 Å². The first-order chi connectivity index (χ1) is 8.29. The van der Waals surface area contributed by atoms with Gasteiger partial charge in [0.25, 0.3) is 10.2 Å². The molecule has 0 aliphatic rings. The Morgan fingerprint density at radius 1 is 1.33 bits per heavy atom. The highest BCUT2D eigenvalue weighted by Gasteiger charge is 2.29. The van der Waals surface area contributed by atoms with Crippen molar-refractivity contribution >= 4 is 10.2 Å². The van der Waals surface area contributed by atoms with Gasteiger partial charge in [-0.25, -0.2) is 9.71 Å². The Morgan fingerprint density at radius 3 is 2.61 bits per heavy atom. The fraction of sp³-hybridized carbons (Fsp3) is 0.625. The molecule has 0 aliphatic carbocycles. The zero-order chi connectivity index (χ0) is 13.6. The molecule has 6 nitrogen and oxygen atoms in total. The summed E-state index contributed by atoms with van der Waals surface area (Å²) in [7, 11) is -4.11. The van der Waals surface area contributed by atoms with Gasteiger partial charge in [-0.2, -0.15) is 26.3 Å². The van der Waals surface area contributed by atoms with E-state index in [0.717, 1.165) is 0 Å². The summed E-state index contributed by atoms with van der Waals surface area (Å²) in [5.41, 5.74) is 0. The zero-order valence-electron chi connectivity index (χ0n) is 9.29. The number of imidazole rings is 1. The Hall–Kier alpha value is -1.13. The molecule has 0 radical (unpaired) electrons. The first kappa shape index (κ1) is 14.9. The molecule has 0 fully saturated rings. The van der Waals surface area contributed by atoms with E-state index in [2.05, 4.69) is 9.97 Å². The lowest BCUT2D eigenvalue weighted by atomic mass is 10.3. The van der Waals surface area contributed by atoms with Crippen molar-refractivity contribution in [3.8, 4) is 0 Å². The third-order valence-corrected chi connectivity index (χ3v) is 3.01. The number of H-pyrrole nitrogens is 1. The van der Waals surface area contributed by atoms with Crippen LogP contribution in [0.25, 0.3) is 0 Å². The second-order valence-corrected chi connectivity index (χ2v) is 5.06. The summed E-state index contributed by atoms with van der Waals surface area (Å²) < 4.78 is 61.0. The van der Waals surface area contributed by atoms with Gasteiger partial charge in [0, 0.05) is 25.4 Å². The minimum atomic E-state index is -4.57. The third kappa shape index (κ3) is 6.57. The molecule has 0 aliphatic heterocycles. The van der Waals surface area contributed by atoms with Crippen molar-refractivity contribution in [1.29, 1.82) is 0 Å². The van der Waals surface area contributed by atoms with E-state index in [0.29, 0.717) is 18.7 Å². The van der Waals surface area contributed by atoms with Crippen LogP contribution in [0.15, 0.2) is 12.4 Å². The lowest BCUT2D eigenvalue weighted by Gasteiger charge is -2.09. The van der Waals surface area contributed by atoms with Crippen LogP contribution in [0.4, 0.5) is 13.2 Å². The van der Waals surface area contributed by atoms with E-state index in [1.807, 2.05) is 4.72 Å². The van der Waals surface area contributed by atoms with Crippen LogP contribution in [0.5, 0.6) is 0 Å². The number of aromatic amines is 1. The van der Waals surface area contributed by atoms with Crippen LogP contribution in [-0.4, -0.2) is 37.7 Å². The Morgan fingerprint density at radius 2 is 2.06 bits per heavy atom. The van der Waals surface area contributed by atoms with Crippen LogP contribution < -0.4 is 9.44 Å². The molecule has 1 rings (SSSR count). The van der Waals surface area contributed by atoms with Gasteiger partial charge in [-0.15, -0.1) is 0 Å². The van der Waals surface area contributed by atoms with Gasteiger partial charge < -0.3 is 4.98 Å². The molecule has 1 aromatic rings. The fourth-order valence-corrected chi connectivity index (χ4v) is 1.99. The highest BCUT2D eigenvalue weighted by Crippen LogP contribution is 2.12. The van der Waals surface area contributed by atoms with E-state index < -0.39 is 22.9 Å². The second-order valence-electron chi connectivity index (χ2n) is 3.47. The van der Waals surface area contributed by atoms with Crippen LogP contribution in [0.1, 0.15) is 12.2 Å². The van der Waals surface area contributed by atoms with E-state index in [1.165, 1.54) is 4.72 Å². The molecule has 0 amide bonds. The second kappa shape index (κ2) is 6.16. The van der Waals surface area contributed by atoms with E-state index >= 15 is 0 Å². The predicted molar refractivity (Wildman–Crippen MR) is 57.9 cm³/mol. The van der Waals surface area contributed by atoms with Gasteiger partial charge in [0.2, 0.25) is 0 Å².